The molecule has 0 atom stereocenters. The second-order valence-electron chi connectivity index (χ2n) is 4.54. The van der Waals surface area contributed by atoms with Gasteiger partial charge in [-0.25, -0.2) is 4.98 Å². The molecule has 21 heavy (non-hydrogen) atoms. The molecule has 2 aromatic carbocycles. The van der Waals surface area contributed by atoms with Gasteiger partial charge in [0.15, 0.2) is 0 Å². The summed E-state index contributed by atoms with van der Waals surface area (Å²) in [5, 5.41) is 9.90. The fourth-order valence-electron chi connectivity index (χ4n) is 2.22. The number of nitrogens with zero attached hydrogens (tertiary/aromatic N) is 2. The first-order chi connectivity index (χ1) is 10.1. The summed E-state index contributed by atoms with van der Waals surface area (Å²) >= 11 is 12.0. The van der Waals surface area contributed by atoms with E-state index < -0.39 is 5.97 Å². The Balaban J connectivity index is 2.30. The van der Waals surface area contributed by atoms with Crippen molar-refractivity contribution in [3.63, 3.8) is 0 Å². The Kier molecular flexibility index (Phi) is 3.57. The van der Waals surface area contributed by atoms with E-state index in [4.69, 9.17) is 28.3 Å². The molecule has 0 aliphatic rings. The molecule has 4 nitrogen and oxygen atoms in total. The van der Waals surface area contributed by atoms with Gasteiger partial charge in [-0.1, -0.05) is 53.5 Å². The Hall–Kier alpha value is -2.04. The van der Waals surface area contributed by atoms with Gasteiger partial charge in [-0.3, -0.25) is 4.79 Å². The molecule has 1 N–H and O–H groups in total. The summed E-state index contributed by atoms with van der Waals surface area (Å²) in [5.41, 5.74) is 2.09. The number of benzene rings is 2. The number of hydrogen-bond donors (Lipinski definition) is 1. The number of aliphatic carboxylic acids is 1. The molecular weight excluding hydrogens is 311 g/mol. The number of halogens is 2. The van der Waals surface area contributed by atoms with Crippen LogP contribution in [0.3, 0.4) is 0 Å². The van der Waals surface area contributed by atoms with Crippen molar-refractivity contribution in [2.75, 3.05) is 0 Å². The first kappa shape index (κ1) is 13.9. The van der Waals surface area contributed by atoms with Crippen molar-refractivity contribution in [1.29, 1.82) is 0 Å². The monoisotopic (exact) mass is 320 g/mol. The minimum atomic E-state index is -0.947. The summed E-state index contributed by atoms with van der Waals surface area (Å²) in [5.74, 6) is -0.371. The minimum absolute atomic E-state index is 0.196. The van der Waals surface area contributed by atoms with Crippen LogP contribution in [0.2, 0.25) is 10.0 Å². The van der Waals surface area contributed by atoms with Crippen LogP contribution in [0.5, 0.6) is 0 Å². The van der Waals surface area contributed by atoms with Gasteiger partial charge in [0.1, 0.15) is 12.4 Å². The van der Waals surface area contributed by atoms with E-state index in [2.05, 4.69) is 4.98 Å². The number of carboxylic acid groups (broad SMARTS) is 1. The Morgan fingerprint density at radius 1 is 1.14 bits per heavy atom. The Morgan fingerprint density at radius 2 is 1.81 bits per heavy atom. The Labute approximate surface area is 130 Å². The maximum absolute atomic E-state index is 11.1. The molecule has 3 rings (SSSR count). The molecule has 1 heterocycles. The highest BCUT2D eigenvalue weighted by Crippen LogP contribution is 2.31. The van der Waals surface area contributed by atoms with Crippen molar-refractivity contribution in [3.05, 3.63) is 52.5 Å². The number of hydrogen-bond acceptors (Lipinski definition) is 2. The van der Waals surface area contributed by atoms with Crippen LogP contribution in [-0.2, 0) is 11.3 Å². The first-order valence-corrected chi connectivity index (χ1v) is 6.94. The summed E-state index contributed by atoms with van der Waals surface area (Å²) in [6.07, 6.45) is 0. The second kappa shape index (κ2) is 5.39. The van der Waals surface area contributed by atoms with Gasteiger partial charge in [0.05, 0.1) is 21.1 Å². The molecule has 0 aliphatic carbocycles. The average molecular weight is 321 g/mol. The lowest BCUT2D eigenvalue weighted by molar-refractivity contribution is -0.137. The lowest BCUT2D eigenvalue weighted by Crippen LogP contribution is -2.10. The normalized spacial score (nSPS) is 11.0. The molecule has 6 heteroatoms. The number of carboxylic acids is 1. The average Bonchev–Trinajstić information content (AvgIpc) is 2.78. The molecule has 106 valence electrons. The zero-order valence-electron chi connectivity index (χ0n) is 10.8. The van der Waals surface area contributed by atoms with Crippen LogP contribution in [0.4, 0.5) is 0 Å². The van der Waals surface area contributed by atoms with Crippen LogP contribution in [0, 0.1) is 0 Å². The van der Waals surface area contributed by atoms with Crippen molar-refractivity contribution >= 4 is 40.2 Å². The van der Waals surface area contributed by atoms with Crippen molar-refractivity contribution < 1.29 is 9.90 Å². The second-order valence-corrected chi connectivity index (χ2v) is 5.35. The molecule has 0 radical (unpaired) electrons. The number of carbonyl (C=O) groups is 1. The van der Waals surface area contributed by atoms with Crippen molar-refractivity contribution in [3.8, 4) is 11.4 Å². The van der Waals surface area contributed by atoms with E-state index in [9.17, 15) is 4.79 Å². The minimum Gasteiger partial charge on any atom is -0.480 e. The van der Waals surface area contributed by atoms with Gasteiger partial charge in [0.2, 0.25) is 0 Å². The van der Waals surface area contributed by atoms with E-state index >= 15 is 0 Å². The lowest BCUT2D eigenvalue weighted by Gasteiger charge is -2.06. The molecule has 0 spiro atoms. The maximum atomic E-state index is 11.1. The van der Waals surface area contributed by atoms with Gasteiger partial charge in [-0.2, -0.15) is 0 Å². The summed E-state index contributed by atoms with van der Waals surface area (Å²) in [6.45, 7) is -0.196. The third-order valence-corrected chi connectivity index (χ3v) is 3.84. The van der Waals surface area contributed by atoms with Crippen molar-refractivity contribution in [1.82, 2.24) is 9.55 Å². The van der Waals surface area contributed by atoms with Crippen LogP contribution in [0.15, 0.2) is 42.5 Å². The fraction of sp³-hybridized carbons (Fsp3) is 0.0667. The third-order valence-electron chi connectivity index (χ3n) is 3.12. The van der Waals surface area contributed by atoms with Gasteiger partial charge >= 0.3 is 5.97 Å². The smallest absolute Gasteiger partial charge is 0.323 e. The highest BCUT2D eigenvalue weighted by atomic mass is 35.5. The van der Waals surface area contributed by atoms with E-state index in [0.717, 1.165) is 5.56 Å². The van der Waals surface area contributed by atoms with E-state index in [-0.39, 0.29) is 6.54 Å². The lowest BCUT2D eigenvalue weighted by atomic mass is 10.2. The molecule has 0 fully saturated rings. The van der Waals surface area contributed by atoms with Crippen LogP contribution in [0.1, 0.15) is 0 Å². The molecular formula is C15H10Cl2N2O2. The molecule has 1 aromatic heterocycles. The van der Waals surface area contributed by atoms with Crippen LogP contribution >= 0.6 is 23.2 Å². The van der Waals surface area contributed by atoms with Crippen LogP contribution in [-0.4, -0.2) is 20.6 Å². The summed E-state index contributed by atoms with van der Waals surface area (Å²) in [6, 6.07) is 12.7. The SMILES string of the molecule is O=C(O)Cn1c(-c2ccccc2)nc2cc(Cl)c(Cl)cc21. The molecule has 0 bridgehead atoms. The van der Waals surface area contributed by atoms with Crippen molar-refractivity contribution in [2.24, 2.45) is 0 Å². The number of fused-ring (bicyclic) bond motifs is 1. The molecule has 0 saturated heterocycles. The zero-order valence-corrected chi connectivity index (χ0v) is 12.3. The van der Waals surface area contributed by atoms with Gasteiger partial charge in [-0.05, 0) is 12.1 Å². The van der Waals surface area contributed by atoms with Gasteiger partial charge in [0, 0.05) is 5.56 Å². The van der Waals surface area contributed by atoms with Gasteiger partial charge < -0.3 is 9.67 Å². The zero-order chi connectivity index (χ0) is 15.0. The van der Waals surface area contributed by atoms with Crippen LogP contribution < -0.4 is 0 Å². The fourth-order valence-corrected chi connectivity index (χ4v) is 2.54. The molecule has 0 saturated carbocycles. The number of rotatable bonds is 3. The van der Waals surface area contributed by atoms with E-state index in [1.807, 2.05) is 30.3 Å². The molecule has 0 amide bonds. The Morgan fingerprint density at radius 3 is 2.48 bits per heavy atom. The topological polar surface area (TPSA) is 55.1 Å². The predicted octanol–water partition coefficient (Wildman–Crippen LogP) is 4.09. The maximum Gasteiger partial charge on any atom is 0.323 e. The summed E-state index contributed by atoms with van der Waals surface area (Å²) in [7, 11) is 0. The highest BCUT2D eigenvalue weighted by Gasteiger charge is 2.16. The largest absolute Gasteiger partial charge is 0.480 e. The van der Waals surface area contributed by atoms with E-state index in [0.29, 0.717) is 26.9 Å². The van der Waals surface area contributed by atoms with E-state index in [1.165, 1.54) is 0 Å². The Bertz CT molecular complexity index is 829. The molecule has 0 aliphatic heterocycles. The van der Waals surface area contributed by atoms with Gasteiger partial charge in [-0.15, -0.1) is 0 Å². The molecule has 0 unspecified atom stereocenters. The van der Waals surface area contributed by atoms with Crippen LogP contribution in [0.25, 0.3) is 22.4 Å². The highest BCUT2D eigenvalue weighted by molar-refractivity contribution is 6.42. The van der Waals surface area contributed by atoms with E-state index in [1.54, 1.807) is 16.7 Å². The third kappa shape index (κ3) is 2.60. The quantitative estimate of drug-likeness (QED) is 0.790. The standard InChI is InChI=1S/C15H10Cl2N2O2/c16-10-6-12-13(7-11(10)17)19(8-14(20)21)15(18-12)9-4-2-1-3-5-9/h1-7H,8H2,(H,20,21). The number of imidazole rings is 1. The first-order valence-electron chi connectivity index (χ1n) is 6.19. The predicted molar refractivity (Wildman–Crippen MR) is 82.8 cm³/mol. The summed E-state index contributed by atoms with van der Waals surface area (Å²) < 4.78 is 1.62. The summed E-state index contributed by atoms with van der Waals surface area (Å²) in [4.78, 5) is 15.6. The van der Waals surface area contributed by atoms with Crippen molar-refractivity contribution in [2.45, 2.75) is 6.54 Å². The van der Waals surface area contributed by atoms with Gasteiger partial charge in [0.25, 0.3) is 0 Å². The number of aromatic nitrogens is 2. The molecule has 3 aromatic rings.